The molecule has 4 saturated heterocycles. The third-order valence-electron chi connectivity index (χ3n) is 18.5. The van der Waals surface area contributed by atoms with E-state index in [1.165, 1.54) is 51.4 Å². The molecule has 0 N–H and O–H groups in total. The second kappa shape index (κ2) is 39.3. The molecule has 6 aromatic heterocycles. The SMILES string of the molecule is C1CCOC1.C1CCOC1.C1CCOC1.C1CCOC1.CCC1(CC)c2ccc([n-]2)C=Nc2cccc3cc4cccc(c4cc23)N=Cc2ccc([n-]2)C(CC)(CC)c2ccc([n-]2)C=Nc2cccc3cc4cccc(c4cc23)N=Cc2ccc1[n-]2.[Co+2].[Co+2].c1ccncc1.c1ccncc1. The number of pyridine rings is 2. The summed E-state index contributed by atoms with van der Waals surface area (Å²) < 4.78 is 19.8. The summed E-state index contributed by atoms with van der Waals surface area (Å²) in [7, 11) is 0. The Balaban J connectivity index is 0.000000278. The van der Waals surface area contributed by atoms with E-state index in [2.05, 4.69) is 183 Å². The topological polar surface area (TPSA) is 169 Å². The van der Waals surface area contributed by atoms with E-state index in [1.807, 2.05) is 61.3 Å². The number of nitrogens with zero attached hydrogens (tertiary/aromatic N) is 10. The van der Waals surface area contributed by atoms with Gasteiger partial charge in [-0.05, 0) is 182 Å². The second-order valence-corrected chi connectivity index (χ2v) is 24.7. The Kier molecular flexibility index (Phi) is 29.7. The van der Waals surface area contributed by atoms with E-state index in [0.717, 1.165) is 190 Å². The molecule has 0 saturated carbocycles. The molecule has 5 aliphatic rings. The van der Waals surface area contributed by atoms with Crippen LogP contribution in [0.5, 0.6) is 0 Å². The van der Waals surface area contributed by atoms with Crippen LogP contribution in [0.2, 0.25) is 0 Å². The van der Waals surface area contributed by atoms with E-state index >= 15 is 0 Å². The zero-order valence-electron chi connectivity index (χ0n) is 57.9. The second-order valence-electron chi connectivity index (χ2n) is 24.7. The van der Waals surface area contributed by atoms with Crippen molar-refractivity contribution < 1.29 is 52.5 Å². The minimum absolute atomic E-state index is 0. The average molecular weight is 1420 g/mol. The van der Waals surface area contributed by atoms with Crippen molar-refractivity contribution in [2.75, 3.05) is 52.9 Å². The van der Waals surface area contributed by atoms with Crippen LogP contribution in [-0.2, 0) is 63.3 Å². The Hall–Kier alpha value is -8.69. The number of benzene rings is 6. The number of hydrogen-bond donors (Lipinski definition) is 0. The van der Waals surface area contributed by atoms with Crippen LogP contribution in [0.1, 0.15) is 150 Å². The Morgan fingerprint density at radius 1 is 0.290 bits per heavy atom. The smallest absolute Gasteiger partial charge is 0.659 e. The molecule has 0 amide bonds. The van der Waals surface area contributed by atoms with Gasteiger partial charge in [0, 0.05) is 124 Å². The zero-order chi connectivity index (χ0) is 67.5. The van der Waals surface area contributed by atoms with Crippen molar-refractivity contribution >= 4 is 90.7 Å². The molecular weight excluding hydrogens is 1330 g/mol. The van der Waals surface area contributed by atoms with Gasteiger partial charge < -0.3 is 38.9 Å². The molecule has 5 aliphatic heterocycles. The molecule has 0 spiro atoms. The van der Waals surface area contributed by atoms with Crippen molar-refractivity contribution in [1.82, 2.24) is 29.9 Å². The van der Waals surface area contributed by atoms with Crippen LogP contribution in [0.25, 0.3) is 43.1 Å². The molecule has 0 unspecified atom stereocenters. The summed E-state index contributed by atoms with van der Waals surface area (Å²) in [5.74, 6) is 0. The monoisotopic (exact) mass is 1420 g/mol. The molecular formula is C84H90Co2N10O4. The van der Waals surface area contributed by atoms with Crippen LogP contribution in [0.4, 0.5) is 22.7 Å². The van der Waals surface area contributed by atoms with Crippen LogP contribution in [0.15, 0.2) is 227 Å². The Morgan fingerprint density at radius 2 is 0.530 bits per heavy atom. The van der Waals surface area contributed by atoms with Gasteiger partial charge in [-0.25, -0.2) is 0 Å². The summed E-state index contributed by atoms with van der Waals surface area (Å²) in [4.78, 5) is 48.4. The standard InChI is InChI=1S/C58H48N8.2C5H5N.4C4H8O.2Co/c1-5-57(6-2)53-25-21-41(63-53)33-59-49-17-9-13-37-29-39-15-11-19-51(47(39)31-45(37)49)61-35-43-23-27-55(65-43)58(7-3,8-4)56-28-24-44(66-56)36-62-52-20-12-16-40-30-38-14-10-18-50(46(38)32-48(40)52)60-34-42-22-26-54(57)64-42;2*1-2-4-6-5-3-1;4*1-2-4-5-3-1;;/h9-36H,5-8H2,1-4H3;2*1-5H;4*1-4H2;;/q-4;;;;;;;2*+2. The maximum absolute atomic E-state index is 5.17. The summed E-state index contributed by atoms with van der Waals surface area (Å²) in [6, 6.07) is 62.1. The maximum atomic E-state index is 5.17. The molecule has 518 valence electrons. The third kappa shape index (κ3) is 19.9. The predicted octanol–water partition coefficient (Wildman–Crippen LogP) is 19.0. The summed E-state index contributed by atoms with van der Waals surface area (Å²) in [6.07, 6.45) is 28.1. The Labute approximate surface area is 609 Å². The number of fused-ring (bicyclic) bond motifs is 8. The molecule has 0 aliphatic carbocycles. The van der Waals surface area contributed by atoms with Crippen LogP contribution < -0.4 is 19.9 Å². The molecule has 12 bridgehead atoms. The van der Waals surface area contributed by atoms with E-state index < -0.39 is 0 Å². The van der Waals surface area contributed by atoms with Crippen LogP contribution in [0, 0.1) is 0 Å². The first kappa shape index (κ1) is 75.5. The minimum atomic E-state index is -0.366. The van der Waals surface area contributed by atoms with Crippen molar-refractivity contribution in [1.29, 1.82) is 0 Å². The maximum Gasteiger partial charge on any atom is 2.00 e. The van der Waals surface area contributed by atoms with Gasteiger partial charge >= 0.3 is 33.6 Å². The normalized spacial score (nSPS) is 15.4. The van der Waals surface area contributed by atoms with E-state index in [4.69, 9.17) is 58.9 Å². The molecule has 2 radical (unpaired) electrons. The number of ether oxygens (including phenoxy) is 4. The summed E-state index contributed by atoms with van der Waals surface area (Å²) in [6.45, 7) is 16.9. The van der Waals surface area contributed by atoms with E-state index in [-0.39, 0.29) is 44.4 Å². The van der Waals surface area contributed by atoms with Crippen LogP contribution in [0.3, 0.4) is 0 Å². The molecule has 0 atom stereocenters. The van der Waals surface area contributed by atoms with Gasteiger partial charge in [0.15, 0.2) is 0 Å². The Morgan fingerprint density at radius 3 is 0.710 bits per heavy atom. The summed E-state index contributed by atoms with van der Waals surface area (Å²) in [5, 5.41) is 8.63. The molecule has 14 nitrogen and oxygen atoms in total. The quantitative estimate of drug-likeness (QED) is 0.155. The fourth-order valence-corrected chi connectivity index (χ4v) is 12.8. The molecule has 17 rings (SSSR count). The molecule has 16 heteroatoms. The molecule has 11 heterocycles. The van der Waals surface area contributed by atoms with Crippen molar-refractivity contribution in [3.8, 4) is 0 Å². The molecule has 12 aromatic rings. The number of aromatic nitrogens is 6. The van der Waals surface area contributed by atoms with Crippen molar-refractivity contribution in [3.05, 3.63) is 252 Å². The van der Waals surface area contributed by atoms with Gasteiger partial charge in [0.2, 0.25) is 0 Å². The van der Waals surface area contributed by atoms with Gasteiger partial charge in [0.1, 0.15) is 0 Å². The Bertz CT molecular complexity index is 3900. The number of aliphatic imine (C=N–C) groups is 4. The van der Waals surface area contributed by atoms with Gasteiger partial charge in [-0.2, -0.15) is 22.8 Å². The number of rotatable bonds is 4. The number of hydrogen-bond acceptors (Lipinski definition) is 10. The summed E-state index contributed by atoms with van der Waals surface area (Å²) in [5.41, 5.74) is 9.94. The summed E-state index contributed by atoms with van der Waals surface area (Å²) >= 11 is 0. The van der Waals surface area contributed by atoms with Gasteiger partial charge in [-0.1, -0.05) is 137 Å². The van der Waals surface area contributed by atoms with Crippen molar-refractivity contribution in [3.63, 3.8) is 0 Å². The molecule has 100 heavy (non-hydrogen) atoms. The fraction of sp³-hybridized carbons (Fsp3) is 0.310. The van der Waals surface area contributed by atoms with E-state index in [9.17, 15) is 0 Å². The van der Waals surface area contributed by atoms with E-state index in [1.54, 1.807) is 24.8 Å². The first-order valence-corrected chi connectivity index (χ1v) is 35.1. The average Bonchev–Trinajstić information content (AvgIpc) is 1.18. The van der Waals surface area contributed by atoms with Crippen LogP contribution in [-0.4, -0.2) is 87.7 Å². The van der Waals surface area contributed by atoms with Crippen molar-refractivity contribution in [2.24, 2.45) is 20.0 Å². The first-order chi connectivity index (χ1) is 48.4. The van der Waals surface area contributed by atoms with Gasteiger partial charge in [0.25, 0.3) is 0 Å². The van der Waals surface area contributed by atoms with Crippen LogP contribution >= 0.6 is 0 Å². The first-order valence-electron chi connectivity index (χ1n) is 35.1. The van der Waals surface area contributed by atoms with E-state index in [0.29, 0.717) is 0 Å². The molecule has 4 fully saturated rings. The fourth-order valence-electron chi connectivity index (χ4n) is 12.8. The van der Waals surface area contributed by atoms with Gasteiger partial charge in [-0.15, -0.1) is 22.8 Å². The third-order valence-corrected chi connectivity index (χ3v) is 18.5. The van der Waals surface area contributed by atoms with Gasteiger partial charge in [0.05, 0.1) is 22.7 Å². The predicted molar refractivity (Wildman–Crippen MR) is 402 cm³/mol. The van der Waals surface area contributed by atoms with Crippen molar-refractivity contribution in [2.45, 2.75) is 116 Å². The molecule has 6 aromatic carbocycles. The largest absolute Gasteiger partial charge is 2.00 e. The zero-order valence-corrected chi connectivity index (χ0v) is 59.9. The van der Waals surface area contributed by atoms with Gasteiger partial charge in [-0.3, -0.25) is 29.9 Å². The minimum Gasteiger partial charge on any atom is -0.659 e.